The fourth-order valence-corrected chi connectivity index (χ4v) is 1.43. The predicted octanol–water partition coefficient (Wildman–Crippen LogP) is -2.31. The van der Waals surface area contributed by atoms with Gasteiger partial charge in [-0.15, -0.1) is 0 Å². The van der Waals surface area contributed by atoms with Gasteiger partial charge in [0.15, 0.2) is 0 Å². The van der Waals surface area contributed by atoms with Crippen molar-refractivity contribution in [1.82, 2.24) is 21.3 Å². The molecular weight excluding hydrogens is 178 g/mol. The van der Waals surface area contributed by atoms with Crippen LogP contribution in [0.1, 0.15) is 0 Å². The van der Waals surface area contributed by atoms with Crippen molar-refractivity contribution >= 4 is 0 Å². The SMILES string of the molecule is NC1CNCCNCCNCCNC1. The zero-order valence-electron chi connectivity index (χ0n) is 8.81. The van der Waals surface area contributed by atoms with Gasteiger partial charge in [0.05, 0.1) is 0 Å². The molecule has 0 unspecified atom stereocenters. The molecule has 1 fully saturated rings. The Labute approximate surface area is 86.2 Å². The van der Waals surface area contributed by atoms with Crippen LogP contribution in [-0.2, 0) is 0 Å². The van der Waals surface area contributed by atoms with E-state index in [2.05, 4.69) is 21.3 Å². The van der Waals surface area contributed by atoms with E-state index in [1.165, 1.54) is 0 Å². The zero-order chi connectivity index (χ0) is 10.1. The van der Waals surface area contributed by atoms with Crippen molar-refractivity contribution in [3.63, 3.8) is 0 Å². The first-order valence-electron chi connectivity index (χ1n) is 5.48. The summed E-state index contributed by atoms with van der Waals surface area (Å²) in [5, 5.41) is 13.4. The van der Waals surface area contributed by atoms with E-state index >= 15 is 0 Å². The number of hydrogen-bond donors (Lipinski definition) is 5. The smallest absolute Gasteiger partial charge is 0.0292 e. The van der Waals surface area contributed by atoms with E-state index in [4.69, 9.17) is 5.73 Å². The molecule has 84 valence electrons. The van der Waals surface area contributed by atoms with Gasteiger partial charge in [-0.3, -0.25) is 0 Å². The Morgan fingerprint density at radius 1 is 0.643 bits per heavy atom. The van der Waals surface area contributed by atoms with E-state index in [0.29, 0.717) is 0 Å². The molecule has 0 spiro atoms. The molecule has 0 aromatic rings. The molecule has 0 atom stereocenters. The van der Waals surface area contributed by atoms with Crippen molar-refractivity contribution in [1.29, 1.82) is 0 Å². The first-order chi connectivity index (χ1) is 6.89. The van der Waals surface area contributed by atoms with Gasteiger partial charge in [0.2, 0.25) is 0 Å². The Hall–Kier alpha value is -0.200. The Balaban J connectivity index is 2.12. The lowest BCUT2D eigenvalue weighted by atomic mass is 10.3. The maximum atomic E-state index is 5.89. The van der Waals surface area contributed by atoms with Crippen LogP contribution in [-0.4, -0.2) is 58.4 Å². The van der Waals surface area contributed by atoms with Crippen LogP contribution in [0.4, 0.5) is 0 Å². The summed E-state index contributed by atoms with van der Waals surface area (Å²) in [4.78, 5) is 0. The number of rotatable bonds is 0. The van der Waals surface area contributed by atoms with Gasteiger partial charge in [-0.25, -0.2) is 0 Å². The Kier molecular flexibility index (Phi) is 6.90. The summed E-state index contributed by atoms with van der Waals surface area (Å²) in [5.74, 6) is 0. The molecule has 1 rings (SSSR count). The van der Waals surface area contributed by atoms with Gasteiger partial charge in [0.1, 0.15) is 0 Å². The number of hydrogen-bond acceptors (Lipinski definition) is 5. The third-order valence-electron chi connectivity index (χ3n) is 2.25. The van der Waals surface area contributed by atoms with Crippen LogP contribution < -0.4 is 27.0 Å². The molecule has 5 heteroatoms. The highest BCUT2D eigenvalue weighted by Gasteiger charge is 2.01. The van der Waals surface area contributed by atoms with E-state index < -0.39 is 0 Å². The van der Waals surface area contributed by atoms with Gasteiger partial charge in [0.25, 0.3) is 0 Å². The van der Waals surface area contributed by atoms with E-state index in [1.54, 1.807) is 0 Å². The average Bonchev–Trinajstić information content (AvgIpc) is 2.20. The topological polar surface area (TPSA) is 74.1 Å². The predicted molar refractivity (Wildman–Crippen MR) is 59.5 cm³/mol. The molecule has 1 aliphatic rings. The van der Waals surface area contributed by atoms with Crippen molar-refractivity contribution in [3.8, 4) is 0 Å². The number of nitrogens with one attached hydrogen (secondary N) is 4. The molecule has 5 nitrogen and oxygen atoms in total. The van der Waals surface area contributed by atoms with Gasteiger partial charge in [-0.2, -0.15) is 0 Å². The van der Waals surface area contributed by atoms with Gasteiger partial charge in [0, 0.05) is 58.4 Å². The van der Waals surface area contributed by atoms with Crippen LogP contribution in [0.2, 0.25) is 0 Å². The highest BCUT2D eigenvalue weighted by Crippen LogP contribution is 1.74. The van der Waals surface area contributed by atoms with E-state index in [1.807, 2.05) is 0 Å². The molecule has 0 aromatic heterocycles. The molecule has 1 saturated heterocycles. The van der Waals surface area contributed by atoms with Crippen LogP contribution in [0, 0.1) is 0 Å². The summed E-state index contributed by atoms with van der Waals surface area (Å²) in [6.07, 6.45) is 0. The molecule has 0 radical (unpaired) electrons. The molecule has 1 aliphatic heterocycles. The summed E-state index contributed by atoms with van der Waals surface area (Å²) in [5.41, 5.74) is 5.89. The van der Waals surface area contributed by atoms with Gasteiger partial charge >= 0.3 is 0 Å². The summed E-state index contributed by atoms with van der Waals surface area (Å²) >= 11 is 0. The normalized spacial score (nSPS) is 24.6. The van der Waals surface area contributed by atoms with Gasteiger partial charge in [-0.05, 0) is 0 Å². The molecule has 0 aromatic carbocycles. The number of nitrogens with two attached hydrogens (primary N) is 1. The second-order valence-electron chi connectivity index (χ2n) is 3.67. The van der Waals surface area contributed by atoms with Crippen LogP contribution in [0.15, 0.2) is 0 Å². The second kappa shape index (κ2) is 8.14. The highest BCUT2D eigenvalue weighted by atomic mass is 15.0. The fourth-order valence-electron chi connectivity index (χ4n) is 1.43. The third kappa shape index (κ3) is 6.28. The molecule has 0 saturated carbocycles. The van der Waals surface area contributed by atoms with Crippen molar-refractivity contribution in [2.24, 2.45) is 5.73 Å². The third-order valence-corrected chi connectivity index (χ3v) is 2.25. The Morgan fingerprint density at radius 3 is 1.43 bits per heavy atom. The molecule has 14 heavy (non-hydrogen) atoms. The fraction of sp³-hybridized carbons (Fsp3) is 1.00. The average molecular weight is 201 g/mol. The molecular formula is C9H23N5. The largest absolute Gasteiger partial charge is 0.326 e. The van der Waals surface area contributed by atoms with Gasteiger partial charge in [-0.1, -0.05) is 0 Å². The molecule has 0 aliphatic carbocycles. The van der Waals surface area contributed by atoms with Crippen LogP contribution in [0.25, 0.3) is 0 Å². The summed E-state index contributed by atoms with van der Waals surface area (Å²) in [7, 11) is 0. The first-order valence-corrected chi connectivity index (χ1v) is 5.48. The summed E-state index contributed by atoms with van der Waals surface area (Å²) in [6, 6.07) is 0.218. The van der Waals surface area contributed by atoms with Crippen molar-refractivity contribution in [3.05, 3.63) is 0 Å². The minimum Gasteiger partial charge on any atom is -0.326 e. The summed E-state index contributed by atoms with van der Waals surface area (Å²) in [6.45, 7) is 7.87. The molecule has 1 heterocycles. The maximum absolute atomic E-state index is 5.89. The molecule has 0 amide bonds. The van der Waals surface area contributed by atoms with E-state index in [9.17, 15) is 0 Å². The lowest BCUT2D eigenvalue weighted by molar-refractivity contribution is 0.527. The maximum Gasteiger partial charge on any atom is 0.0292 e. The standard InChI is InChI=1S/C9H23N5/c10-9-7-13-5-3-11-1-2-12-4-6-14-8-9/h9,11-14H,1-8,10H2. The van der Waals surface area contributed by atoms with Crippen LogP contribution >= 0.6 is 0 Å². The van der Waals surface area contributed by atoms with Crippen molar-refractivity contribution in [2.45, 2.75) is 6.04 Å². The van der Waals surface area contributed by atoms with Gasteiger partial charge < -0.3 is 27.0 Å². The lowest BCUT2D eigenvalue weighted by Crippen LogP contribution is -2.43. The van der Waals surface area contributed by atoms with Crippen LogP contribution in [0.5, 0.6) is 0 Å². The summed E-state index contributed by atoms with van der Waals surface area (Å²) < 4.78 is 0. The van der Waals surface area contributed by atoms with Crippen LogP contribution in [0.3, 0.4) is 0 Å². The first kappa shape index (κ1) is 11.9. The van der Waals surface area contributed by atoms with E-state index in [-0.39, 0.29) is 6.04 Å². The second-order valence-corrected chi connectivity index (χ2v) is 3.67. The quantitative estimate of drug-likeness (QED) is 0.304. The molecule has 0 bridgehead atoms. The van der Waals surface area contributed by atoms with E-state index in [0.717, 1.165) is 52.4 Å². The molecule has 6 N–H and O–H groups in total. The zero-order valence-corrected chi connectivity index (χ0v) is 8.81. The highest BCUT2D eigenvalue weighted by molar-refractivity contribution is 4.69. The minimum absolute atomic E-state index is 0.218. The Morgan fingerprint density at radius 2 is 1.00 bits per heavy atom. The lowest BCUT2D eigenvalue weighted by Gasteiger charge is -2.13. The van der Waals surface area contributed by atoms with Crippen molar-refractivity contribution in [2.75, 3.05) is 52.4 Å². The monoisotopic (exact) mass is 201 g/mol. The Bertz CT molecular complexity index is 116. The minimum atomic E-state index is 0.218. The van der Waals surface area contributed by atoms with Crippen molar-refractivity contribution < 1.29 is 0 Å².